The van der Waals surface area contributed by atoms with E-state index in [1.807, 2.05) is 38.1 Å². The molecule has 1 aromatic rings. The molecule has 0 bridgehead atoms. The van der Waals surface area contributed by atoms with Crippen molar-refractivity contribution in [2.45, 2.75) is 39.3 Å². The van der Waals surface area contributed by atoms with Crippen molar-refractivity contribution in [2.75, 3.05) is 0 Å². The fourth-order valence-corrected chi connectivity index (χ4v) is 2.59. The zero-order valence-electron chi connectivity index (χ0n) is 12.0. The lowest BCUT2D eigenvalue weighted by Gasteiger charge is -2.30. The number of carbonyl (C=O) groups excluding carboxylic acids is 2. The van der Waals surface area contributed by atoms with Crippen LogP contribution in [0.3, 0.4) is 0 Å². The number of rotatable bonds is 1. The Morgan fingerprint density at radius 2 is 1.95 bits per heavy atom. The number of hydrogen-bond acceptors (Lipinski definition) is 2. The van der Waals surface area contributed by atoms with Gasteiger partial charge < -0.3 is 10.2 Å². The van der Waals surface area contributed by atoms with E-state index in [1.54, 1.807) is 4.90 Å². The van der Waals surface area contributed by atoms with Crippen molar-refractivity contribution in [1.29, 1.82) is 0 Å². The molecule has 1 atom stereocenters. The van der Waals surface area contributed by atoms with E-state index in [0.29, 0.717) is 13.0 Å². The van der Waals surface area contributed by atoms with E-state index in [-0.39, 0.29) is 17.9 Å². The van der Waals surface area contributed by atoms with Crippen LogP contribution in [-0.4, -0.2) is 22.8 Å². The van der Waals surface area contributed by atoms with E-state index in [1.165, 1.54) is 0 Å². The topological polar surface area (TPSA) is 49.4 Å². The molecule has 2 aliphatic heterocycles. The molecule has 0 radical (unpaired) electrons. The lowest BCUT2D eigenvalue weighted by molar-refractivity contribution is -0.126. The molecule has 0 spiro atoms. The van der Waals surface area contributed by atoms with Gasteiger partial charge in [-0.05, 0) is 24.5 Å². The Balaban J connectivity index is 0.000000704. The fourth-order valence-electron chi connectivity index (χ4n) is 2.59. The molecule has 2 aliphatic rings. The molecule has 2 heterocycles. The molecule has 1 unspecified atom stereocenters. The standard InChI is InChI=1S/C14H14N2O2.C2H6/c1-9-6-7-12(13(17)15-9)16-8-10-4-2-3-5-11(10)14(16)18;1-2/h2-5,12H,1,6-8H2,(H,15,17);1-2H3. The molecule has 1 fully saturated rings. The number of nitrogens with zero attached hydrogens (tertiary/aromatic N) is 1. The maximum absolute atomic E-state index is 12.2. The first-order chi connectivity index (χ1) is 9.66. The number of nitrogens with one attached hydrogen (secondary N) is 1. The van der Waals surface area contributed by atoms with Crippen molar-refractivity contribution in [3.63, 3.8) is 0 Å². The van der Waals surface area contributed by atoms with Crippen LogP contribution in [0, 0.1) is 0 Å². The smallest absolute Gasteiger partial charge is 0.255 e. The first-order valence-electron chi connectivity index (χ1n) is 7.04. The van der Waals surface area contributed by atoms with Crippen molar-refractivity contribution in [3.8, 4) is 0 Å². The molecule has 2 amide bonds. The van der Waals surface area contributed by atoms with Gasteiger partial charge in [0.1, 0.15) is 6.04 Å². The van der Waals surface area contributed by atoms with Gasteiger partial charge in [-0.3, -0.25) is 9.59 Å². The van der Waals surface area contributed by atoms with Crippen LogP contribution in [-0.2, 0) is 11.3 Å². The van der Waals surface area contributed by atoms with Crippen molar-refractivity contribution < 1.29 is 9.59 Å². The first-order valence-corrected chi connectivity index (χ1v) is 7.04. The Kier molecular flexibility index (Phi) is 4.23. The molecule has 4 nitrogen and oxygen atoms in total. The van der Waals surface area contributed by atoms with Crippen molar-refractivity contribution in [3.05, 3.63) is 47.7 Å². The van der Waals surface area contributed by atoms with Gasteiger partial charge in [0.15, 0.2) is 0 Å². The largest absolute Gasteiger partial charge is 0.329 e. The minimum Gasteiger partial charge on any atom is -0.329 e. The average Bonchev–Trinajstić information content (AvgIpc) is 2.79. The van der Waals surface area contributed by atoms with Crippen LogP contribution in [0.15, 0.2) is 36.5 Å². The zero-order valence-corrected chi connectivity index (χ0v) is 12.0. The maximum Gasteiger partial charge on any atom is 0.255 e. The molecular formula is C16H20N2O2. The molecule has 0 aliphatic carbocycles. The summed E-state index contributed by atoms with van der Waals surface area (Å²) in [7, 11) is 0. The summed E-state index contributed by atoms with van der Waals surface area (Å²) in [6.45, 7) is 8.28. The summed E-state index contributed by atoms with van der Waals surface area (Å²) in [6.07, 6.45) is 1.39. The zero-order chi connectivity index (χ0) is 14.7. The summed E-state index contributed by atoms with van der Waals surface area (Å²) >= 11 is 0. The molecule has 20 heavy (non-hydrogen) atoms. The molecule has 4 heteroatoms. The summed E-state index contributed by atoms with van der Waals surface area (Å²) < 4.78 is 0. The molecule has 0 aromatic heterocycles. The second-order valence-corrected chi connectivity index (χ2v) is 4.74. The average molecular weight is 272 g/mol. The molecule has 106 valence electrons. The Morgan fingerprint density at radius 1 is 1.25 bits per heavy atom. The minimum absolute atomic E-state index is 0.0433. The highest BCUT2D eigenvalue weighted by Crippen LogP contribution is 2.27. The quantitative estimate of drug-likeness (QED) is 0.853. The van der Waals surface area contributed by atoms with Gasteiger partial charge in [-0.2, -0.15) is 0 Å². The summed E-state index contributed by atoms with van der Waals surface area (Å²) in [5.74, 6) is -0.161. The third-order valence-corrected chi connectivity index (χ3v) is 3.55. The van der Waals surface area contributed by atoms with Crippen molar-refractivity contribution in [1.82, 2.24) is 10.2 Å². The monoisotopic (exact) mass is 272 g/mol. The van der Waals surface area contributed by atoms with Gasteiger partial charge in [0.05, 0.1) is 0 Å². The number of fused-ring (bicyclic) bond motifs is 1. The second kappa shape index (κ2) is 5.90. The highest BCUT2D eigenvalue weighted by Gasteiger charge is 2.37. The van der Waals surface area contributed by atoms with Gasteiger partial charge in [-0.25, -0.2) is 0 Å². The number of carbonyl (C=O) groups is 2. The number of amides is 2. The van der Waals surface area contributed by atoms with Crippen LogP contribution >= 0.6 is 0 Å². The van der Waals surface area contributed by atoms with E-state index >= 15 is 0 Å². The minimum atomic E-state index is -0.365. The van der Waals surface area contributed by atoms with Gasteiger partial charge in [-0.15, -0.1) is 0 Å². The fraction of sp³-hybridized carbons (Fsp3) is 0.375. The Hall–Kier alpha value is -2.10. The van der Waals surface area contributed by atoms with Gasteiger partial charge >= 0.3 is 0 Å². The molecule has 0 saturated carbocycles. The summed E-state index contributed by atoms with van der Waals surface area (Å²) in [5.41, 5.74) is 2.45. The lowest BCUT2D eigenvalue weighted by Crippen LogP contribution is -2.49. The molecule has 1 aromatic carbocycles. The highest BCUT2D eigenvalue weighted by atomic mass is 16.2. The van der Waals surface area contributed by atoms with Crippen LogP contribution in [0.25, 0.3) is 0 Å². The van der Waals surface area contributed by atoms with Crippen molar-refractivity contribution in [2.24, 2.45) is 0 Å². The molecule has 1 saturated heterocycles. The van der Waals surface area contributed by atoms with Gasteiger partial charge in [0.2, 0.25) is 5.91 Å². The van der Waals surface area contributed by atoms with Crippen LogP contribution < -0.4 is 5.32 Å². The lowest BCUT2D eigenvalue weighted by atomic mass is 10.0. The number of piperidine rings is 1. The number of hydrogen-bond donors (Lipinski definition) is 1. The Labute approximate surface area is 119 Å². The van der Waals surface area contributed by atoms with Gasteiger partial charge in [0, 0.05) is 17.8 Å². The number of benzene rings is 1. The van der Waals surface area contributed by atoms with Crippen LogP contribution in [0.5, 0.6) is 0 Å². The SMILES string of the molecule is C=C1CCC(N2Cc3ccccc3C2=O)C(=O)N1.CC. The molecule has 3 rings (SSSR count). The molecule has 1 N–H and O–H groups in total. The number of allylic oxidation sites excluding steroid dienone is 1. The summed E-state index contributed by atoms with van der Waals surface area (Å²) in [5, 5.41) is 2.73. The van der Waals surface area contributed by atoms with Crippen LogP contribution in [0.2, 0.25) is 0 Å². The maximum atomic E-state index is 12.2. The highest BCUT2D eigenvalue weighted by molar-refractivity contribution is 6.01. The predicted octanol–water partition coefficient (Wildman–Crippen LogP) is 2.46. The summed E-state index contributed by atoms with van der Waals surface area (Å²) in [4.78, 5) is 25.8. The van der Waals surface area contributed by atoms with E-state index in [2.05, 4.69) is 11.9 Å². The van der Waals surface area contributed by atoms with E-state index < -0.39 is 0 Å². The van der Waals surface area contributed by atoms with Crippen LogP contribution in [0.1, 0.15) is 42.6 Å². The third-order valence-electron chi connectivity index (χ3n) is 3.55. The first kappa shape index (κ1) is 14.3. The van der Waals surface area contributed by atoms with E-state index in [4.69, 9.17) is 0 Å². The summed E-state index contributed by atoms with van der Waals surface area (Å²) in [6, 6.07) is 7.15. The van der Waals surface area contributed by atoms with Crippen molar-refractivity contribution >= 4 is 11.8 Å². The van der Waals surface area contributed by atoms with E-state index in [9.17, 15) is 9.59 Å². The normalized spacial score (nSPS) is 21.0. The van der Waals surface area contributed by atoms with Crippen LogP contribution in [0.4, 0.5) is 0 Å². The van der Waals surface area contributed by atoms with Gasteiger partial charge in [0.25, 0.3) is 5.91 Å². The third kappa shape index (κ3) is 2.46. The Bertz CT molecular complexity index is 551. The molecular weight excluding hydrogens is 252 g/mol. The Morgan fingerprint density at radius 3 is 2.60 bits per heavy atom. The van der Waals surface area contributed by atoms with E-state index in [0.717, 1.165) is 23.2 Å². The second-order valence-electron chi connectivity index (χ2n) is 4.74. The van der Waals surface area contributed by atoms with Gasteiger partial charge in [-0.1, -0.05) is 38.6 Å². The predicted molar refractivity (Wildman–Crippen MR) is 78.0 cm³/mol.